The van der Waals surface area contributed by atoms with Crippen LogP contribution < -0.4 is 0 Å². The highest BCUT2D eigenvalue weighted by Crippen LogP contribution is 2.67. The highest BCUT2D eigenvalue weighted by molar-refractivity contribution is 8.01. The van der Waals surface area contributed by atoms with E-state index in [0.29, 0.717) is 5.56 Å². The average molecular weight is 658 g/mol. The van der Waals surface area contributed by atoms with Gasteiger partial charge in [-0.25, -0.2) is 9.59 Å². The summed E-state index contributed by atoms with van der Waals surface area (Å²) in [6.07, 6.45) is 1.21. The van der Waals surface area contributed by atoms with E-state index in [2.05, 4.69) is 0 Å². The van der Waals surface area contributed by atoms with Gasteiger partial charge in [0.2, 0.25) is 5.91 Å². The van der Waals surface area contributed by atoms with Gasteiger partial charge in [-0.3, -0.25) is 9.59 Å². The van der Waals surface area contributed by atoms with Crippen LogP contribution in [0.4, 0.5) is 0 Å². The second kappa shape index (κ2) is 12.6. The van der Waals surface area contributed by atoms with E-state index in [1.165, 1.54) is 16.7 Å². The van der Waals surface area contributed by atoms with E-state index in [9.17, 15) is 19.2 Å². The number of thioether (sulfide) groups is 1. The van der Waals surface area contributed by atoms with Gasteiger partial charge in [-0.15, -0.1) is 11.8 Å². The third-order valence-electron chi connectivity index (χ3n) is 9.60. The van der Waals surface area contributed by atoms with Crippen molar-refractivity contribution in [2.45, 2.75) is 49.1 Å². The molecule has 2 fully saturated rings. The summed E-state index contributed by atoms with van der Waals surface area (Å²) in [6, 6.07) is 36.2. The third kappa shape index (κ3) is 5.24. The number of hydrogen-bond donors (Lipinski definition) is 0. The number of allylic oxidation sites excluding steroid dienone is 1. The van der Waals surface area contributed by atoms with E-state index in [0.717, 1.165) is 16.7 Å². The fourth-order valence-electron chi connectivity index (χ4n) is 7.35. The fraction of sp³-hybridized carbons (Fsp3) is 0.250. The normalized spacial score (nSPS) is 23.7. The van der Waals surface area contributed by atoms with Crippen LogP contribution in [0.15, 0.2) is 133 Å². The molecule has 1 aliphatic carbocycles. The molecule has 0 aromatic heterocycles. The van der Waals surface area contributed by atoms with E-state index >= 15 is 0 Å². The van der Waals surface area contributed by atoms with Gasteiger partial charge in [0.15, 0.2) is 11.9 Å². The molecule has 1 spiro atoms. The van der Waals surface area contributed by atoms with Crippen LogP contribution in [0.1, 0.15) is 53.4 Å². The molecule has 0 N–H and O–H groups in total. The minimum absolute atomic E-state index is 0.0287. The molecule has 1 amide bonds. The minimum atomic E-state index is -1.48. The maximum Gasteiger partial charge on any atom is 0.335 e. The first-order valence-electron chi connectivity index (χ1n) is 16.1. The molecule has 2 saturated heterocycles. The average Bonchev–Trinajstić information content (AvgIpc) is 3.66. The lowest BCUT2D eigenvalue weighted by molar-refractivity contribution is -0.178. The predicted molar refractivity (Wildman–Crippen MR) is 183 cm³/mol. The lowest BCUT2D eigenvalue weighted by atomic mass is 9.63. The highest BCUT2D eigenvalue weighted by Gasteiger charge is 2.77. The van der Waals surface area contributed by atoms with Crippen molar-refractivity contribution >= 4 is 35.4 Å². The Hall–Kier alpha value is -4.95. The van der Waals surface area contributed by atoms with Gasteiger partial charge in [0, 0.05) is 16.2 Å². The van der Waals surface area contributed by atoms with Crippen molar-refractivity contribution in [3.63, 3.8) is 0 Å². The van der Waals surface area contributed by atoms with Gasteiger partial charge in [-0.2, -0.15) is 0 Å². The van der Waals surface area contributed by atoms with Crippen LogP contribution >= 0.6 is 11.8 Å². The summed E-state index contributed by atoms with van der Waals surface area (Å²) >= 11 is 1.43. The Kier molecular flexibility index (Phi) is 8.29. The third-order valence-corrected chi connectivity index (χ3v) is 11.3. The van der Waals surface area contributed by atoms with Crippen LogP contribution in [-0.4, -0.2) is 44.7 Å². The second-order valence-electron chi connectivity index (χ2n) is 12.9. The molecule has 7 rings (SSSR count). The molecule has 4 aromatic rings. The molecule has 7 nitrogen and oxygen atoms in total. The Morgan fingerprint density at radius 2 is 1.35 bits per heavy atom. The zero-order chi connectivity index (χ0) is 33.5. The molecular weight excluding hydrogens is 623 g/mol. The Labute approximate surface area is 283 Å². The van der Waals surface area contributed by atoms with Crippen molar-refractivity contribution in [3.05, 3.63) is 155 Å². The van der Waals surface area contributed by atoms with Crippen molar-refractivity contribution in [2.75, 3.05) is 0 Å². The number of fused-ring (bicyclic) bond motifs is 2. The molecule has 3 aliphatic rings. The number of nitrogens with zero attached hydrogens (tertiary/aromatic N) is 1. The Balaban J connectivity index is 1.22. The largest absolute Gasteiger partial charge is 0.457 e. The summed E-state index contributed by atoms with van der Waals surface area (Å²) in [4.78, 5) is 58.5. The summed E-state index contributed by atoms with van der Waals surface area (Å²) in [6.45, 7) is 3.84. The van der Waals surface area contributed by atoms with Gasteiger partial charge in [-0.05, 0) is 37.0 Å². The molecular formula is C40H35NO6S. The quantitative estimate of drug-likeness (QED) is 0.109. The first-order valence-corrected chi connectivity index (χ1v) is 16.9. The van der Waals surface area contributed by atoms with Crippen molar-refractivity contribution in [3.8, 4) is 0 Å². The van der Waals surface area contributed by atoms with Crippen LogP contribution in [0.2, 0.25) is 0 Å². The molecule has 0 saturated carbocycles. The SMILES string of the molecule is CC1(C)S[C@H]2N(C(=O)[C@]23C(C(=O)OCc2ccccc2)=CC[C@@H]3C(=O)c2ccccc2)[C@H]1C(=O)OC(c1ccccc1)c1ccccc1. The number of amides is 1. The Bertz CT molecular complexity index is 1840. The summed E-state index contributed by atoms with van der Waals surface area (Å²) in [7, 11) is 0. The van der Waals surface area contributed by atoms with E-state index in [-0.39, 0.29) is 24.4 Å². The number of hydrogen-bond acceptors (Lipinski definition) is 7. The van der Waals surface area contributed by atoms with Crippen LogP contribution in [0, 0.1) is 11.3 Å². The standard InChI is InChI=1S/C40H35NO6S/c1-39(2)34(36(44)47-33(28-19-11-5-12-20-28)29-21-13-6-14-22-29)41-37(45)40(38(41)48-39)30(32(42)27-17-9-4-10-18-27)23-24-31(40)35(43)46-25-26-15-7-3-8-16-26/h3-22,24,30,33-34,38H,23,25H2,1-2H3/t30-,34+,38-,40+/m1/s1. The number of carbonyl (C=O) groups is 4. The van der Waals surface area contributed by atoms with E-state index in [1.807, 2.05) is 111 Å². The van der Waals surface area contributed by atoms with Gasteiger partial charge in [0.1, 0.15) is 18.1 Å². The molecule has 0 bridgehead atoms. The Morgan fingerprint density at radius 1 is 0.812 bits per heavy atom. The molecule has 4 atom stereocenters. The van der Waals surface area contributed by atoms with Crippen LogP contribution in [0.5, 0.6) is 0 Å². The topological polar surface area (TPSA) is 90.0 Å². The van der Waals surface area contributed by atoms with Crippen molar-refractivity contribution in [2.24, 2.45) is 11.3 Å². The van der Waals surface area contributed by atoms with Gasteiger partial charge in [0.05, 0.1) is 10.9 Å². The molecule has 2 heterocycles. The van der Waals surface area contributed by atoms with Crippen molar-refractivity contribution < 1.29 is 28.7 Å². The summed E-state index contributed by atoms with van der Waals surface area (Å²) in [5.74, 6) is -2.65. The monoisotopic (exact) mass is 657 g/mol. The highest BCUT2D eigenvalue weighted by atomic mass is 32.2. The number of carbonyl (C=O) groups excluding carboxylic acids is 4. The molecule has 242 valence electrons. The number of rotatable bonds is 9. The molecule has 0 radical (unpaired) electrons. The molecule has 48 heavy (non-hydrogen) atoms. The van der Waals surface area contributed by atoms with Crippen LogP contribution in [0.3, 0.4) is 0 Å². The molecule has 2 aliphatic heterocycles. The van der Waals surface area contributed by atoms with Gasteiger partial charge < -0.3 is 14.4 Å². The van der Waals surface area contributed by atoms with Crippen molar-refractivity contribution in [1.82, 2.24) is 4.90 Å². The summed E-state index contributed by atoms with van der Waals surface area (Å²) < 4.78 is 11.3. The Morgan fingerprint density at radius 3 is 1.94 bits per heavy atom. The fourth-order valence-corrected chi connectivity index (χ4v) is 9.17. The van der Waals surface area contributed by atoms with Crippen LogP contribution in [0.25, 0.3) is 0 Å². The van der Waals surface area contributed by atoms with Crippen molar-refractivity contribution in [1.29, 1.82) is 0 Å². The number of benzene rings is 4. The zero-order valence-corrected chi connectivity index (χ0v) is 27.5. The van der Waals surface area contributed by atoms with E-state index < -0.39 is 51.4 Å². The minimum Gasteiger partial charge on any atom is -0.457 e. The maximum absolute atomic E-state index is 14.7. The number of Topliss-reactive ketones (excluding diaryl/α,β-unsaturated/α-hetero) is 1. The van der Waals surface area contributed by atoms with Gasteiger partial charge in [-0.1, -0.05) is 127 Å². The predicted octanol–water partition coefficient (Wildman–Crippen LogP) is 6.94. The molecule has 4 aromatic carbocycles. The van der Waals surface area contributed by atoms with Crippen LogP contribution in [-0.2, 0) is 30.5 Å². The number of ketones is 1. The molecule has 8 heteroatoms. The summed E-state index contributed by atoms with van der Waals surface area (Å²) in [5.41, 5.74) is 1.59. The second-order valence-corrected chi connectivity index (χ2v) is 14.6. The van der Waals surface area contributed by atoms with Gasteiger partial charge >= 0.3 is 11.9 Å². The van der Waals surface area contributed by atoms with E-state index in [4.69, 9.17) is 9.47 Å². The van der Waals surface area contributed by atoms with E-state index in [1.54, 1.807) is 30.3 Å². The maximum atomic E-state index is 14.7. The first-order chi connectivity index (χ1) is 23.2. The lowest BCUT2D eigenvalue weighted by Gasteiger charge is -2.54. The zero-order valence-electron chi connectivity index (χ0n) is 26.7. The first kappa shape index (κ1) is 31.6. The summed E-state index contributed by atoms with van der Waals surface area (Å²) in [5, 5.41) is -0.653. The number of esters is 2. The lowest BCUT2D eigenvalue weighted by Crippen LogP contribution is -2.72. The van der Waals surface area contributed by atoms with Gasteiger partial charge in [0.25, 0.3) is 0 Å². The number of ether oxygens (including phenoxy) is 2. The molecule has 0 unspecified atom stereocenters. The smallest absolute Gasteiger partial charge is 0.335 e. The number of β-lactam (4-membered cyclic amide) rings is 1.